The van der Waals surface area contributed by atoms with Gasteiger partial charge in [-0.25, -0.2) is 0 Å². The summed E-state index contributed by atoms with van der Waals surface area (Å²) in [6, 6.07) is 0.0441. The zero-order valence-corrected chi connectivity index (χ0v) is 7.36. The van der Waals surface area contributed by atoms with E-state index in [1.807, 2.05) is 6.92 Å². The lowest BCUT2D eigenvalue weighted by Gasteiger charge is -2.27. The number of aliphatic hydroxyl groups excluding tert-OH is 1. The Bertz CT molecular complexity index is 191. The highest BCUT2D eigenvalue weighted by molar-refractivity contribution is 5.79. The molecule has 1 unspecified atom stereocenters. The Balaban J connectivity index is 2.69. The van der Waals surface area contributed by atoms with Crippen molar-refractivity contribution in [1.82, 2.24) is 4.90 Å². The van der Waals surface area contributed by atoms with Gasteiger partial charge in [-0.05, 0) is 13.3 Å². The summed E-state index contributed by atoms with van der Waals surface area (Å²) < 4.78 is 0. The molecule has 12 heavy (non-hydrogen) atoms. The van der Waals surface area contributed by atoms with Gasteiger partial charge in [-0.3, -0.25) is 4.79 Å². The molecule has 1 aliphatic heterocycles. The fraction of sp³-hybridized carbons (Fsp3) is 0.667. The van der Waals surface area contributed by atoms with Crippen molar-refractivity contribution in [2.75, 3.05) is 6.61 Å². The molecule has 3 nitrogen and oxygen atoms in total. The number of carbonyl (C=O) groups is 1. The molecule has 68 valence electrons. The van der Waals surface area contributed by atoms with E-state index >= 15 is 0 Å². The van der Waals surface area contributed by atoms with Crippen LogP contribution in [0.4, 0.5) is 0 Å². The van der Waals surface area contributed by atoms with Crippen LogP contribution >= 0.6 is 0 Å². The molecular formula is C9H15NO2. The van der Waals surface area contributed by atoms with Crippen molar-refractivity contribution in [3.8, 4) is 0 Å². The van der Waals surface area contributed by atoms with Crippen LogP contribution < -0.4 is 0 Å². The molecule has 1 saturated heterocycles. The van der Waals surface area contributed by atoms with Crippen molar-refractivity contribution in [3.05, 3.63) is 12.7 Å². The molecule has 0 aromatic rings. The first-order valence-electron chi connectivity index (χ1n) is 4.25. The standard InChI is InChI=1S/C9H15NO2/c1-3-7(2)10-8(6-11)4-5-9(10)12/h3,7-8,11H,1,4-6H2,2H3/t7?,8-/m0/s1. The van der Waals surface area contributed by atoms with E-state index in [9.17, 15) is 4.79 Å². The molecule has 0 bridgehead atoms. The first-order valence-corrected chi connectivity index (χ1v) is 4.25. The second kappa shape index (κ2) is 3.72. The van der Waals surface area contributed by atoms with Crippen molar-refractivity contribution in [2.45, 2.75) is 31.8 Å². The normalized spacial score (nSPS) is 26.0. The van der Waals surface area contributed by atoms with Crippen molar-refractivity contribution >= 4 is 5.91 Å². The highest BCUT2D eigenvalue weighted by Crippen LogP contribution is 2.21. The number of amides is 1. The second-order valence-corrected chi connectivity index (χ2v) is 3.15. The number of hydrogen-bond donors (Lipinski definition) is 1. The van der Waals surface area contributed by atoms with Gasteiger partial charge in [0, 0.05) is 12.5 Å². The summed E-state index contributed by atoms with van der Waals surface area (Å²) >= 11 is 0. The molecule has 1 rings (SSSR count). The van der Waals surface area contributed by atoms with Crippen molar-refractivity contribution in [3.63, 3.8) is 0 Å². The van der Waals surface area contributed by atoms with E-state index in [1.54, 1.807) is 11.0 Å². The minimum Gasteiger partial charge on any atom is -0.394 e. The summed E-state index contributed by atoms with van der Waals surface area (Å²) in [7, 11) is 0. The van der Waals surface area contributed by atoms with Gasteiger partial charge in [0.05, 0.1) is 12.6 Å². The maximum Gasteiger partial charge on any atom is 0.223 e. The third-order valence-corrected chi connectivity index (χ3v) is 2.36. The molecule has 2 atom stereocenters. The minimum atomic E-state index is 0.00509. The van der Waals surface area contributed by atoms with Crippen molar-refractivity contribution in [1.29, 1.82) is 0 Å². The Morgan fingerprint density at radius 3 is 3.08 bits per heavy atom. The zero-order chi connectivity index (χ0) is 9.14. The van der Waals surface area contributed by atoms with Crippen molar-refractivity contribution in [2.24, 2.45) is 0 Å². The van der Waals surface area contributed by atoms with Crippen LogP contribution in [0.15, 0.2) is 12.7 Å². The van der Waals surface area contributed by atoms with Crippen LogP contribution in [0.3, 0.4) is 0 Å². The number of likely N-dealkylation sites (tertiary alicyclic amines) is 1. The molecule has 0 aromatic carbocycles. The third-order valence-electron chi connectivity index (χ3n) is 2.36. The second-order valence-electron chi connectivity index (χ2n) is 3.15. The van der Waals surface area contributed by atoms with Gasteiger partial charge in [-0.15, -0.1) is 6.58 Å². The fourth-order valence-electron chi connectivity index (χ4n) is 1.61. The Kier molecular flexibility index (Phi) is 2.87. The molecule has 1 aliphatic rings. The molecule has 0 aliphatic carbocycles. The Morgan fingerprint density at radius 1 is 1.92 bits per heavy atom. The Morgan fingerprint density at radius 2 is 2.58 bits per heavy atom. The highest BCUT2D eigenvalue weighted by Gasteiger charge is 2.32. The minimum absolute atomic E-state index is 0.00509. The molecule has 1 amide bonds. The van der Waals surface area contributed by atoms with Crippen LogP contribution in [0.2, 0.25) is 0 Å². The van der Waals surface area contributed by atoms with Crippen LogP contribution in [0.1, 0.15) is 19.8 Å². The summed E-state index contributed by atoms with van der Waals surface area (Å²) in [6.07, 6.45) is 3.06. The molecule has 1 N–H and O–H groups in total. The predicted molar refractivity (Wildman–Crippen MR) is 46.6 cm³/mol. The molecule has 3 heteroatoms. The van der Waals surface area contributed by atoms with E-state index in [4.69, 9.17) is 5.11 Å². The van der Waals surface area contributed by atoms with E-state index in [0.717, 1.165) is 6.42 Å². The van der Waals surface area contributed by atoms with E-state index in [1.165, 1.54) is 0 Å². The Labute approximate surface area is 72.7 Å². The quantitative estimate of drug-likeness (QED) is 0.626. The van der Waals surface area contributed by atoms with Crippen LogP contribution in [0.5, 0.6) is 0 Å². The Hall–Kier alpha value is -0.830. The van der Waals surface area contributed by atoms with Crippen LogP contribution in [-0.2, 0) is 4.79 Å². The molecule has 0 radical (unpaired) electrons. The largest absolute Gasteiger partial charge is 0.394 e. The van der Waals surface area contributed by atoms with Gasteiger partial charge < -0.3 is 10.0 Å². The first-order chi connectivity index (χ1) is 5.70. The number of rotatable bonds is 3. The number of nitrogens with zero attached hydrogens (tertiary/aromatic N) is 1. The average molecular weight is 169 g/mol. The smallest absolute Gasteiger partial charge is 0.223 e. The number of hydrogen-bond acceptors (Lipinski definition) is 2. The van der Waals surface area contributed by atoms with Gasteiger partial charge in [0.2, 0.25) is 5.91 Å². The summed E-state index contributed by atoms with van der Waals surface area (Å²) in [5.41, 5.74) is 0. The lowest BCUT2D eigenvalue weighted by Crippen LogP contribution is -2.40. The lowest BCUT2D eigenvalue weighted by atomic mass is 10.2. The van der Waals surface area contributed by atoms with Crippen LogP contribution in [0.25, 0.3) is 0 Å². The van der Waals surface area contributed by atoms with Gasteiger partial charge >= 0.3 is 0 Å². The number of carbonyl (C=O) groups excluding carboxylic acids is 1. The van der Waals surface area contributed by atoms with Crippen LogP contribution in [-0.4, -0.2) is 34.6 Å². The van der Waals surface area contributed by atoms with Crippen molar-refractivity contribution < 1.29 is 9.90 Å². The molecule has 0 saturated carbocycles. The number of aliphatic hydroxyl groups is 1. The molecule has 1 heterocycles. The van der Waals surface area contributed by atoms with E-state index in [0.29, 0.717) is 6.42 Å². The first kappa shape index (κ1) is 9.26. The lowest BCUT2D eigenvalue weighted by molar-refractivity contribution is -0.130. The summed E-state index contributed by atoms with van der Waals surface area (Å²) in [6.45, 7) is 5.61. The summed E-state index contributed by atoms with van der Waals surface area (Å²) in [4.78, 5) is 13.0. The van der Waals surface area contributed by atoms with Crippen LogP contribution in [0, 0.1) is 0 Å². The van der Waals surface area contributed by atoms with Gasteiger partial charge in [-0.2, -0.15) is 0 Å². The molecule has 0 spiro atoms. The topological polar surface area (TPSA) is 40.5 Å². The van der Waals surface area contributed by atoms with E-state index in [2.05, 4.69) is 6.58 Å². The predicted octanol–water partition coefficient (Wildman–Crippen LogP) is 0.544. The van der Waals surface area contributed by atoms with E-state index in [-0.39, 0.29) is 24.6 Å². The molecule has 0 aromatic heterocycles. The average Bonchev–Trinajstić information content (AvgIpc) is 2.45. The third kappa shape index (κ3) is 1.50. The van der Waals surface area contributed by atoms with E-state index < -0.39 is 0 Å². The summed E-state index contributed by atoms with van der Waals surface area (Å²) in [5, 5.41) is 8.97. The monoisotopic (exact) mass is 169 g/mol. The highest BCUT2D eigenvalue weighted by atomic mass is 16.3. The maximum atomic E-state index is 11.3. The SMILES string of the molecule is C=CC(C)N1C(=O)CC[C@H]1CO. The van der Waals surface area contributed by atoms with Gasteiger partial charge in [0.1, 0.15) is 0 Å². The zero-order valence-electron chi connectivity index (χ0n) is 7.36. The maximum absolute atomic E-state index is 11.3. The molecular weight excluding hydrogens is 154 g/mol. The van der Waals surface area contributed by atoms with Gasteiger partial charge in [-0.1, -0.05) is 6.08 Å². The summed E-state index contributed by atoms with van der Waals surface area (Å²) in [5.74, 6) is 0.126. The molecule has 1 fully saturated rings. The fourth-order valence-corrected chi connectivity index (χ4v) is 1.61. The van der Waals surface area contributed by atoms with Gasteiger partial charge in [0.15, 0.2) is 0 Å². The van der Waals surface area contributed by atoms with Gasteiger partial charge in [0.25, 0.3) is 0 Å².